The zero-order valence-electron chi connectivity index (χ0n) is 18.1. The van der Waals surface area contributed by atoms with Crippen molar-refractivity contribution in [1.29, 1.82) is 0 Å². The molecule has 0 fully saturated rings. The van der Waals surface area contributed by atoms with Gasteiger partial charge in [0.15, 0.2) is 0 Å². The number of nitrogens with zero attached hydrogens (tertiary/aromatic N) is 1. The lowest BCUT2D eigenvalue weighted by Gasteiger charge is -2.11. The van der Waals surface area contributed by atoms with Gasteiger partial charge in [0.05, 0.1) is 10.4 Å². The van der Waals surface area contributed by atoms with E-state index in [1.807, 2.05) is 30.3 Å². The fourth-order valence-corrected chi connectivity index (χ4v) is 5.13. The van der Waals surface area contributed by atoms with E-state index >= 15 is 0 Å². The first-order valence-corrected chi connectivity index (χ1v) is 12.6. The minimum absolute atomic E-state index is 0.251. The summed E-state index contributed by atoms with van der Waals surface area (Å²) in [6.45, 7) is 3.47. The fraction of sp³-hybridized carbons (Fsp3) is 0.200. The number of rotatable bonds is 11. The molecule has 6 nitrogen and oxygen atoms in total. The lowest BCUT2D eigenvalue weighted by Crippen LogP contribution is -2.29. The molecule has 1 heterocycles. The van der Waals surface area contributed by atoms with Crippen molar-refractivity contribution in [1.82, 2.24) is 14.6 Å². The normalized spacial score (nSPS) is 11.7. The summed E-state index contributed by atoms with van der Waals surface area (Å²) in [6, 6.07) is 23.4. The molecule has 3 aromatic carbocycles. The Morgan fingerprint density at radius 1 is 0.818 bits per heavy atom. The molecule has 4 aromatic rings. The molecule has 0 aliphatic rings. The number of benzene rings is 3. The van der Waals surface area contributed by atoms with Gasteiger partial charge in [-0.05, 0) is 42.0 Å². The van der Waals surface area contributed by atoms with Gasteiger partial charge in [0.1, 0.15) is 12.4 Å². The van der Waals surface area contributed by atoms with E-state index in [-0.39, 0.29) is 4.90 Å². The number of halogens is 1. The van der Waals surface area contributed by atoms with Gasteiger partial charge in [0.2, 0.25) is 0 Å². The molecule has 0 bridgehead atoms. The monoisotopic (exact) mass is 483 g/mol. The topological polar surface area (TPSA) is 72.4 Å². The quantitative estimate of drug-likeness (QED) is 0.311. The van der Waals surface area contributed by atoms with E-state index in [1.165, 1.54) is 3.97 Å². The summed E-state index contributed by atoms with van der Waals surface area (Å²) in [5.74, 6) is 0.660. The summed E-state index contributed by atoms with van der Waals surface area (Å²) in [4.78, 5) is 0.251. The second kappa shape index (κ2) is 10.9. The molecule has 0 aliphatic heterocycles. The number of ether oxygens (including phenoxy) is 1. The molecular formula is C25H26ClN3O3S. The average Bonchev–Trinajstić information content (AvgIpc) is 3.28. The van der Waals surface area contributed by atoms with Crippen LogP contribution in [0.5, 0.6) is 5.75 Å². The predicted octanol–water partition coefficient (Wildman–Crippen LogP) is 4.29. The molecule has 0 atom stereocenters. The largest absolute Gasteiger partial charge is 0.492 e. The molecule has 0 saturated heterocycles. The zero-order chi connectivity index (χ0) is 23.1. The lowest BCUT2D eigenvalue weighted by molar-refractivity contribution is 0.317. The SMILES string of the molecule is O=S(=O)(c1ccccc1)n1ccc2c(OCCNCCNCc3ccccc3Cl)cccc21. The maximum absolute atomic E-state index is 13.0. The third-order valence-electron chi connectivity index (χ3n) is 5.25. The Kier molecular flexibility index (Phi) is 7.67. The summed E-state index contributed by atoms with van der Waals surface area (Å²) in [6.07, 6.45) is 1.57. The van der Waals surface area contributed by atoms with Gasteiger partial charge >= 0.3 is 0 Å². The Bertz CT molecular complexity index is 1310. The Labute approximate surface area is 199 Å². The molecule has 2 N–H and O–H groups in total. The van der Waals surface area contributed by atoms with Crippen LogP contribution in [0.4, 0.5) is 0 Å². The van der Waals surface area contributed by atoms with Crippen LogP contribution < -0.4 is 15.4 Å². The molecule has 0 aliphatic carbocycles. The number of hydrogen-bond acceptors (Lipinski definition) is 5. The first kappa shape index (κ1) is 23.3. The van der Waals surface area contributed by atoms with Crippen molar-refractivity contribution in [2.24, 2.45) is 0 Å². The van der Waals surface area contributed by atoms with Gasteiger partial charge < -0.3 is 15.4 Å². The van der Waals surface area contributed by atoms with Gasteiger partial charge in [-0.3, -0.25) is 0 Å². The van der Waals surface area contributed by atoms with E-state index in [0.717, 1.165) is 35.6 Å². The van der Waals surface area contributed by atoms with Gasteiger partial charge in [0, 0.05) is 42.8 Å². The minimum atomic E-state index is -3.67. The molecule has 1 aromatic heterocycles. The predicted molar refractivity (Wildman–Crippen MR) is 132 cm³/mol. The van der Waals surface area contributed by atoms with E-state index in [4.69, 9.17) is 16.3 Å². The summed E-state index contributed by atoms with van der Waals surface area (Å²) < 4.78 is 33.3. The van der Waals surface area contributed by atoms with Crippen LogP contribution in [0.25, 0.3) is 10.9 Å². The Morgan fingerprint density at radius 3 is 2.39 bits per heavy atom. The van der Waals surface area contributed by atoms with Crippen molar-refractivity contribution < 1.29 is 13.2 Å². The van der Waals surface area contributed by atoms with Crippen LogP contribution in [0.15, 0.2) is 90.0 Å². The highest BCUT2D eigenvalue weighted by Gasteiger charge is 2.19. The second-order valence-electron chi connectivity index (χ2n) is 7.49. The third kappa shape index (κ3) is 5.57. The maximum atomic E-state index is 13.0. The highest BCUT2D eigenvalue weighted by molar-refractivity contribution is 7.90. The Balaban J connectivity index is 1.28. The van der Waals surface area contributed by atoms with Gasteiger partial charge in [0.25, 0.3) is 10.0 Å². The van der Waals surface area contributed by atoms with Crippen molar-refractivity contribution in [2.45, 2.75) is 11.4 Å². The molecule has 0 amide bonds. The van der Waals surface area contributed by atoms with E-state index in [9.17, 15) is 8.42 Å². The maximum Gasteiger partial charge on any atom is 0.268 e. The molecule has 8 heteroatoms. The first-order valence-electron chi connectivity index (χ1n) is 10.8. The van der Waals surface area contributed by atoms with Gasteiger partial charge in [-0.1, -0.05) is 54.1 Å². The van der Waals surface area contributed by atoms with Gasteiger partial charge in [-0.2, -0.15) is 0 Å². The van der Waals surface area contributed by atoms with Crippen LogP contribution in [0.2, 0.25) is 5.02 Å². The van der Waals surface area contributed by atoms with Crippen LogP contribution in [0, 0.1) is 0 Å². The summed E-state index contributed by atoms with van der Waals surface area (Å²) in [7, 11) is -3.67. The number of hydrogen-bond donors (Lipinski definition) is 2. The smallest absolute Gasteiger partial charge is 0.268 e. The number of nitrogens with one attached hydrogen (secondary N) is 2. The van der Waals surface area contributed by atoms with Crippen LogP contribution in [0.3, 0.4) is 0 Å². The van der Waals surface area contributed by atoms with Gasteiger partial charge in [-0.15, -0.1) is 0 Å². The molecule has 172 valence electrons. The van der Waals surface area contributed by atoms with Crippen LogP contribution >= 0.6 is 11.6 Å². The summed E-state index contributed by atoms with van der Waals surface area (Å²) >= 11 is 6.16. The molecule has 4 rings (SSSR count). The molecular weight excluding hydrogens is 458 g/mol. The Hall–Kier alpha value is -2.84. The molecule has 33 heavy (non-hydrogen) atoms. The summed E-state index contributed by atoms with van der Waals surface area (Å²) in [5, 5.41) is 8.22. The standard InChI is InChI=1S/C25H26ClN3O3S/c26-23-10-5-4-7-20(23)19-28-15-14-27-16-18-32-25-12-6-11-24-22(25)13-17-29(24)33(30,31)21-8-2-1-3-9-21/h1-13,17,27-28H,14-16,18-19H2. The lowest BCUT2D eigenvalue weighted by atomic mass is 10.2. The van der Waals surface area contributed by atoms with Crippen molar-refractivity contribution in [3.8, 4) is 5.75 Å². The number of aromatic nitrogens is 1. The van der Waals surface area contributed by atoms with E-state index < -0.39 is 10.0 Å². The van der Waals surface area contributed by atoms with E-state index in [2.05, 4.69) is 10.6 Å². The highest BCUT2D eigenvalue weighted by atomic mass is 35.5. The highest BCUT2D eigenvalue weighted by Crippen LogP contribution is 2.29. The van der Waals surface area contributed by atoms with E-state index in [0.29, 0.717) is 24.4 Å². The third-order valence-corrected chi connectivity index (χ3v) is 7.32. The van der Waals surface area contributed by atoms with Crippen molar-refractivity contribution in [3.63, 3.8) is 0 Å². The van der Waals surface area contributed by atoms with Gasteiger partial charge in [-0.25, -0.2) is 12.4 Å². The molecule has 0 saturated carbocycles. The zero-order valence-corrected chi connectivity index (χ0v) is 19.6. The van der Waals surface area contributed by atoms with Crippen molar-refractivity contribution in [3.05, 3.63) is 95.6 Å². The van der Waals surface area contributed by atoms with Crippen LogP contribution in [-0.4, -0.2) is 38.6 Å². The average molecular weight is 484 g/mol. The van der Waals surface area contributed by atoms with Crippen molar-refractivity contribution in [2.75, 3.05) is 26.2 Å². The Morgan fingerprint density at radius 2 is 1.58 bits per heavy atom. The fourth-order valence-electron chi connectivity index (χ4n) is 3.56. The van der Waals surface area contributed by atoms with Crippen LogP contribution in [-0.2, 0) is 16.6 Å². The molecule has 0 radical (unpaired) electrons. The minimum Gasteiger partial charge on any atom is -0.492 e. The van der Waals surface area contributed by atoms with Crippen molar-refractivity contribution >= 4 is 32.5 Å². The molecule has 0 spiro atoms. The number of fused-ring (bicyclic) bond motifs is 1. The molecule has 0 unspecified atom stereocenters. The second-order valence-corrected chi connectivity index (χ2v) is 9.71. The first-order chi connectivity index (χ1) is 16.1. The summed E-state index contributed by atoms with van der Waals surface area (Å²) in [5.41, 5.74) is 1.67. The van der Waals surface area contributed by atoms with E-state index in [1.54, 1.807) is 54.7 Å². The van der Waals surface area contributed by atoms with Crippen LogP contribution in [0.1, 0.15) is 5.56 Å².